The molecule has 1 aromatic heterocycles. The summed E-state index contributed by atoms with van der Waals surface area (Å²) >= 11 is 3.48. The average molecular weight is 496 g/mol. The minimum atomic E-state index is -4.77. The zero-order chi connectivity index (χ0) is 22.4. The summed E-state index contributed by atoms with van der Waals surface area (Å²) in [6.45, 7) is 1.36. The molecule has 0 fully saturated rings. The van der Waals surface area contributed by atoms with Gasteiger partial charge in [-0.2, -0.15) is 4.98 Å². The van der Waals surface area contributed by atoms with Crippen LogP contribution in [0.1, 0.15) is 0 Å². The third-order valence-corrected chi connectivity index (χ3v) is 4.76. The molecule has 164 valence electrons. The summed E-state index contributed by atoms with van der Waals surface area (Å²) in [6, 6.07) is 14.9. The maximum atomic E-state index is 12.6. The van der Waals surface area contributed by atoms with E-state index in [0.29, 0.717) is 29.6 Å². The van der Waals surface area contributed by atoms with Gasteiger partial charge < -0.3 is 20.3 Å². The van der Waals surface area contributed by atoms with Crippen molar-refractivity contribution in [1.82, 2.24) is 14.9 Å². The lowest BCUT2D eigenvalue weighted by molar-refractivity contribution is -0.274. The Bertz CT molecular complexity index is 1030. The van der Waals surface area contributed by atoms with Gasteiger partial charge in [-0.1, -0.05) is 24.3 Å². The number of para-hydroxylation sites is 1. The lowest BCUT2D eigenvalue weighted by Gasteiger charge is -2.14. The molecule has 0 aliphatic rings. The predicted molar refractivity (Wildman–Crippen MR) is 119 cm³/mol. The van der Waals surface area contributed by atoms with E-state index in [-0.39, 0.29) is 5.75 Å². The number of alkyl halides is 3. The van der Waals surface area contributed by atoms with Crippen LogP contribution in [-0.4, -0.2) is 48.4 Å². The van der Waals surface area contributed by atoms with Crippen LogP contribution in [0.4, 0.5) is 30.6 Å². The monoisotopic (exact) mass is 495 g/mol. The highest BCUT2D eigenvalue weighted by Gasteiger charge is 2.31. The van der Waals surface area contributed by atoms with Gasteiger partial charge in [0.05, 0.1) is 11.4 Å². The molecule has 0 spiro atoms. The number of anilines is 3. The Balaban J connectivity index is 1.94. The molecule has 0 radical (unpaired) electrons. The molecule has 0 bridgehead atoms. The smallest absolute Gasteiger partial charge is 0.406 e. The van der Waals surface area contributed by atoms with Gasteiger partial charge in [0.2, 0.25) is 5.95 Å². The van der Waals surface area contributed by atoms with Crippen molar-refractivity contribution in [3.8, 4) is 17.0 Å². The molecule has 2 aromatic carbocycles. The minimum Gasteiger partial charge on any atom is -0.406 e. The van der Waals surface area contributed by atoms with Gasteiger partial charge >= 0.3 is 6.36 Å². The second-order valence-electron chi connectivity index (χ2n) is 6.87. The van der Waals surface area contributed by atoms with Crippen molar-refractivity contribution in [2.75, 3.05) is 37.8 Å². The Hall–Kier alpha value is -2.85. The Kier molecular flexibility index (Phi) is 7.34. The molecule has 0 saturated carbocycles. The van der Waals surface area contributed by atoms with Gasteiger partial charge in [-0.3, -0.25) is 0 Å². The van der Waals surface area contributed by atoms with E-state index in [1.165, 1.54) is 18.2 Å². The quantitative estimate of drug-likeness (QED) is 0.428. The molecule has 3 rings (SSSR count). The number of halogens is 4. The number of likely N-dealkylation sites (N-methyl/N-ethyl adjacent to an activating group) is 1. The van der Waals surface area contributed by atoms with Crippen LogP contribution in [-0.2, 0) is 0 Å². The normalized spacial score (nSPS) is 11.5. The highest BCUT2D eigenvalue weighted by Crippen LogP contribution is 2.30. The number of hydrogen-bond donors (Lipinski definition) is 2. The molecule has 0 aliphatic carbocycles. The topological polar surface area (TPSA) is 62.3 Å². The maximum Gasteiger partial charge on any atom is 0.573 e. The first-order valence-corrected chi connectivity index (χ1v) is 10.1. The van der Waals surface area contributed by atoms with Gasteiger partial charge in [0, 0.05) is 29.2 Å². The van der Waals surface area contributed by atoms with Gasteiger partial charge in [0.15, 0.2) is 0 Å². The third-order valence-electron chi connectivity index (χ3n) is 4.07. The number of ether oxygens (including phenoxy) is 1. The minimum absolute atomic E-state index is 0.314. The van der Waals surface area contributed by atoms with E-state index >= 15 is 0 Å². The standard InChI is InChI=1S/C21H21BrF3N5O/c1-30(2)11-10-26-20-28-18(14-6-5-7-15(12-14)31-21(23,24)25)13-19(29-20)27-17-9-4-3-8-16(17)22/h3-9,12-13H,10-11H2,1-2H3,(H2,26,27,28,29). The maximum absolute atomic E-state index is 12.6. The molecule has 1 heterocycles. The molecule has 31 heavy (non-hydrogen) atoms. The molecular weight excluding hydrogens is 475 g/mol. The molecule has 0 saturated heterocycles. The van der Waals surface area contributed by atoms with E-state index in [1.807, 2.05) is 43.3 Å². The van der Waals surface area contributed by atoms with E-state index < -0.39 is 6.36 Å². The van der Waals surface area contributed by atoms with Gasteiger partial charge in [-0.15, -0.1) is 13.2 Å². The van der Waals surface area contributed by atoms with Crippen molar-refractivity contribution in [3.05, 3.63) is 59.1 Å². The molecule has 6 nitrogen and oxygen atoms in total. The first-order valence-electron chi connectivity index (χ1n) is 9.35. The number of rotatable bonds is 8. The van der Waals surface area contributed by atoms with Gasteiger partial charge in [0.1, 0.15) is 11.6 Å². The van der Waals surface area contributed by atoms with E-state index in [9.17, 15) is 13.2 Å². The van der Waals surface area contributed by atoms with Crippen LogP contribution in [0.15, 0.2) is 59.1 Å². The molecule has 2 N–H and O–H groups in total. The fourth-order valence-electron chi connectivity index (χ4n) is 2.68. The van der Waals surface area contributed by atoms with E-state index in [4.69, 9.17) is 0 Å². The Morgan fingerprint density at radius 1 is 1.03 bits per heavy atom. The van der Waals surface area contributed by atoms with E-state index in [0.717, 1.165) is 16.7 Å². The van der Waals surface area contributed by atoms with Crippen LogP contribution in [0, 0.1) is 0 Å². The molecule has 10 heteroatoms. The summed E-state index contributed by atoms with van der Waals surface area (Å²) in [6.07, 6.45) is -4.77. The average Bonchev–Trinajstić information content (AvgIpc) is 2.68. The lowest BCUT2D eigenvalue weighted by atomic mass is 10.1. The van der Waals surface area contributed by atoms with Crippen molar-refractivity contribution >= 4 is 33.4 Å². The summed E-state index contributed by atoms with van der Waals surface area (Å²) in [5.74, 6) is 0.536. The molecule has 0 atom stereocenters. The van der Waals surface area contributed by atoms with Gasteiger partial charge in [-0.05, 0) is 54.3 Å². The molecule has 3 aromatic rings. The van der Waals surface area contributed by atoms with E-state index in [1.54, 1.807) is 12.1 Å². The Morgan fingerprint density at radius 2 is 1.81 bits per heavy atom. The highest BCUT2D eigenvalue weighted by atomic mass is 79.9. The summed E-state index contributed by atoms with van der Waals surface area (Å²) in [5, 5.41) is 6.37. The highest BCUT2D eigenvalue weighted by molar-refractivity contribution is 9.10. The number of nitrogens with zero attached hydrogens (tertiary/aromatic N) is 3. The second kappa shape index (κ2) is 9.97. The summed E-state index contributed by atoms with van der Waals surface area (Å²) < 4.78 is 42.7. The fourth-order valence-corrected chi connectivity index (χ4v) is 3.07. The van der Waals surface area contributed by atoms with Gasteiger partial charge in [-0.25, -0.2) is 4.98 Å². The summed E-state index contributed by atoms with van der Waals surface area (Å²) in [4.78, 5) is 11.0. The number of hydrogen-bond acceptors (Lipinski definition) is 6. The first kappa shape index (κ1) is 22.8. The van der Waals surface area contributed by atoms with Crippen LogP contribution in [0.5, 0.6) is 5.75 Å². The predicted octanol–water partition coefficient (Wildman–Crippen LogP) is 5.52. The van der Waals surface area contributed by atoms with Crippen LogP contribution in [0.3, 0.4) is 0 Å². The largest absolute Gasteiger partial charge is 0.573 e. The second-order valence-corrected chi connectivity index (χ2v) is 7.73. The fraction of sp³-hybridized carbons (Fsp3) is 0.238. The van der Waals surface area contributed by atoms with Crippen molar-refractivity contribution in [1.29, 1.82) is 0 Å². The number of nitrogens with one attached hydrogen (secondary N) is 2. The molecule has 0 amide bonds. The zero-order valence-electron chi connectivity index (χ0n) is 16.9. The van der Waals surface area contributed by atoms with Crippen LogP contribution >= 0.6 is 15.9 Å². The first-order chi connectivity index (χ1) is 14.7. The molecule has 0 unspecified atom stereocenters. The van der Waals surface area contributed by atoms with Crippen LogP contribution in [0.2, 0.25) is 0 Å². The Morgan fingerprint density at radius 3 is 2.52 bits per heavy atom. The van der Waals surface area contributed by atoms with Crippen molar-refractivity contribution in [2.45, 2.75) is 6.36 Å². The van der Waals surface area contributed by atoms with Crippen LogP contribution in [0.25, 0.3) is 11.3 Å². The molecule has 0 aliphatic heterocycles. The molecular formula is C21H21BrF3N5O. The lowest BCUT2D eigenvalue weighted by Crippen LogP contribution is -2.21. The number of benzene rings is 2. The summed E-state index contributed by atoms with van der Waals surface area (Å²) in [7, 11) is 3.90. The Labute approximate surface area is 186 Å². The van der Waals surface area contributed by atoms with Crippen molar-refractivity contribution < 1.29 is 17.9 Å². The SMILES string of the molecule is CN(C)CCNc1nc(Nc2ccccc2Br)cc(-c2cccc(OC(F)(F)F)c2)n1. The van der Waals surface area contributed by atoms with Crippen LogP contribution < -0.4 is 15.4 Å². The van der Waals surface area contributed by atoms with Crippen molar-refractivity contribution in [3.63, 3.8) is 0 Å². The van der Waals surface area contributed by atoms with Gasteiger partial charge in [0.25, 0.3) is 0 Å². The summed E-state index contributed by atoms with van der Waals surface area (Å²) in [5.41, 5.74) is 1.71. The third kappa shape index (κ3) is 7.11. The zero-order valence-corrected chi connectivity index (χ0v) is 18.5. The van der Waals surface area contributed by atoms with E-state index in [2.05, 4.69) is 41.3 Å². The number of aromatic nitrogens is 2. The van der Waals surface area contributed by atoms with Crippen molar-refractivity contribution in [2.24, 2.45) is 0 Å².